The highest BCUT2D eigenvalue weighted by Gasteiger charge is 2.40. The third kappa shape index (κ3) is 3.27. The molecule has 6 heteroatoms. The van der Waals surface area contributed by atoms with E-state index in [1.165, 1.54) is 13.2 Å². The van der Waals surface area contributed by atoms with E-state index in [1.807, 2.05) is 43.3 Å². The average molecular weight is 390 g/mol. The van der Waals surface area contributed by atoms with E-state index in [9.17, 15) is 14.7 Å². The van der Waals surface area contributed by atoms with Gasteiger partial charge in [0.2, 0.25) is 5.91 Å². The van der Waals surface area contributed by atoms with Crippen LogP contribution < -0.4 is 9.80 Å². The maximum Gasteiger partial charge on any atom is 0.294 e. The molecule has 3 aromatic rings. The van der Waals surface area contributed by atoms with E-state index in [2.05, 4.69) is 0 Å². The molecular weight excluding hydrogens is 368 g/mol. The number of anilines is 2. The lowest BCUT2D eigenvalue weighted by atomic mass is 9.89. The van der Waals surface area contributed by atoms with Crippen LogP contribution in [0.15, 0.2) is 71.3 Å². The fourth-order valence-corrected chi connectivity index (χ4v) is 4.09. The summed E-state index contributed by atoms with van der Waals surface area (Å²) in [4.78, 5) is 29.0. The number of aromatic hydroxyl groups is 1. The van der Waals surface area contributed by atoms with Crippen molar-refractivity contribution < 1.29 is 19.1 Å². The van der Waals surface area contributed by atoms with Gasteiger partial charge in [-0.3, -0.25) is 14.5 Å². The Bertz CT molecular complexity index is 1030. The van der Waals surface area contributed by atoms with Gasteiger partial charge in [-0.15, -0.1) is 0 Å². The van der Waals surface area contributed by atoms with E-state index < -0.39 is 0 Å². The predicted octanol–water partition coefficient (Wildman–Crippen LogP) is 4.52. The first-order valence-electron chi connectivity index (χ1n) is 9.53. The normalized spacial score (nSPS) is 18.2. The van der Waals surface area contributed by atoms with Gasteiger partial charge in [0.15, 0.2) is 5.76 Å². The first-order chi connectivity index (χ1) is 14.0. The van der Waals surface area contributed by atoms with Crippen molar-refractivity contribution in [2.75, 3.05) is 9.80 Å². The van der Waals surface area contributed by atoms with Crippen LogP contribution in [0, 0.1) is 0 Å². The van der Waals surface area contributed by atoms with Crippen LogP contribution >= 0.6 is 0 Å². The zero-order valence-corrected chi connectivity index (χ0v) is 16.3. The van der Waals surface area contributed by atoms with E-state index in [0.29, 0.717) is 12.1 Å². The molecule has 1 aliphatic rings. The second-order valence-electron chi connectivity index (χ2n) is 7.19. The van der Waals surface area contributed by atoms with Crippen LogP contribution in [0.2, 0.25) is 0 Å². The van der Waals surface area contributed by atoms with E-state index in [0.717, 1.165) is 11.3 Å². The van der Waals surface area contributed by atoms with Crippen molar-refractivity contribution in [1.82, 2.24) is 0 Å². The lowest BCUT2D eigenvalue weighted by Gasteiger charge is -2.43. The Labute approximate surface area is 169 Å². The Morgan fingerprint density at radius 3 is 2.48 bits per heavy atom. The van der Waals surface area contributed by atoms with Crippen molar-refractivity contribution in [3.8, 4) is 5.75 Å². The fraction of sp³-hybridized carbons (Fsp3) is 0.217. The second kappa shape index (κ2) is 7.47. The summed E-state index contributed by atoms with van der Waals surface area (Å²) in [5.74, 6) is -0.224. The number of para-hydroxylation sites is 2. The number of carbonyl (C=O) groups is 2. The maximum atomic E-state index is 13.1. The number of phenolic OH excluding ortho intramolecular Hbond substituents is 1. The molecule has 2 aromatic carbocycles. The minimum Gasteiger partial charge on any atom is -0.506 e. The van der Waals surface area contributed by atoms with Crippen LogP contribution in [0.5, 0.6) is 5.75 Å². The van der Waals surface area contributed by atoms with E-state index in [-0.39, 0.29) is 35.4 Å². The lowest BCUT2D eigenvalue weighted by Crippen LogP contribution is -2.47. The molecule has 148 valence electrons. The molecule has 1 aliphatic heterocycles. The van der Waals surface area contributed by atoms with Gasteiger partial charge in [0.1, 0.15) is 5.75 Å². The number of fused-ring (bicyclic) bond motifs is 1. The van der Waals surface area contributed by atoms with Crippen LogP contribution in [-0.2, 0) is 4.79 Å². The first-order valence-corrected chi connectivity index (χ1v) is 9.53. The quantitative estimate of drug-likeness (QED) is 0.714. The lowest BCUT2D eigenvalue weighted by molar-refractivity contribution is -0.117. The summed E-state index contributed by atoms with van der Waals surface area (Å²) in [5.41, 5.74) is 1.92. The predicted molar refractivity (Wildman–Crippen MR) is 110 cm³/mol. The molecular formula is C23H22N2O4. The van der Waals surface area contributed by atoms with E-state index >= 15 is 0 Å². The molecule has 0 bridgehead atoms. The molecule has 1 N–H and O–H groups in total. The van der Waals surface area contributed by atoms with Crippen LogP contribution in [0.25, 0.3) is 0 Å². The highest BCUT2D eigenvalue weighted by Crippen LogP contribution is 2.46. The van der Waals surface area contributed by atoms with Crippen LogP contribution in [-0.4, -0.2) is 23.0 Å². The molecule has 1 aromatic heterocycles. The molecule has 2 heterocycles. The Hall–Kier alpha value is -3.54. The molecule has 0 radical (unpaired) electrons. The average Bonchev–Trinajstić information content (AvgIpc) is 3.24. The Kier molecular flexibility index (Phi) is 4.84. The van der Waals surface area contributed by atoms with Gasteiger partial charge in [-0.05, 0) is 43.7 Å². The van der Waals surface area contributed by atoms with Crippen molar-refractivity contribution in [3.05, 3.63) is 78.3 Å². The SMILES string of the molecule is CC(=O)N(c1ccccc1)C1CC(C)N(C(=O)c2ccco2)c2c(O)cccc21. The number of benzene rings is 2. The van der Waals surface area contributed by atoms with Crippen molar-refractivity contribution in [2.45, 2.75) is 32.4 Å². The zero-order valence-electron chi connectivity index (χ0n) is 16.3. The van der Waals surface area contributed by atoms with Crippen molar-refractivity contribution >= 4 is 23.2 Å². The molecule has 0 aliphatic carbocycles. The number of hydrogen-bond acceptors (Lipinski definition) is 4. The molecule has 0 saturated heterocycles. The summed E-state index contributed by atoms with van der Waals surface area (Å²) >= 11 is 0. The third-order valence-corrected chi connectivity index (χ3v) is 5.29. The molecule has 4 rings (SSSR count). The summed E-state index contributed by atoms with van der Waals surface area (Å²) in [6.45, 7) is 3.44. The fourth-order valence-electron chi connectivity index (χ4n) is 4.09. The molecule has 0 spiro atoms. The van der Waals surface area contributed by atoms with Gasteiger partial charge >= 0.3 is 0 Å². The number of phenols is 1. The minimum atomic E-state index is -0.321. The number of hydrogen-bond donors (Lipinski definition) is 1. The topological polar surface area (TPSA) is 74.0 Å². The van der Waals surface area contributed by atoms with E-state index in [4.69, 9.17) is 4.42 Å². The Morgan fingerprint density at radius 2 is 1.83 bits per heavy atom. The van der Waals surface area contributed by atoms with Gasteiger partial charge in [-0.25, -0.2) is 0 Å². The largest absolute Gasteiger partial charge is 0.506 e. The number of amides is 2. The van der Waals surface area contributed by atoms with E-state index in [1.54, 1.807) is 34.1 Å². The van der Waals surface area contributed by atoms with Crippen molar-refractivity contribution in [2.24, 2.45) is 0 Å². The molecule has 2 amide bonds. The smallest absolute Gasteiger partial charge is 0.294 e. The monoisotopic (exact) mass is 390 g/mol. The Balaban J connectivity index is 1.84. The van der Waals surface area contributed by atoms with Crippen LogP contribution in [0.3, 0.4) is 0 Å². The molecule has 6 nitrogen and oxygen atoms in total. The molecule has 2 unspecified atom stereocenters. The summed E-state index contributed by atoms with van der Waals surface area (Å²) in [7, 11) is 0. The molecule has 2 atom stereocenters. The highest BCUT2D eigenvalue weighted by atomic mass is 16.3. The van der Waals surface area contributed by atoms with Crippen molar-refractivity contribution in [1.29, 1.82) is 0 Å². The molecule has 29 heavy (non-hydrogen) atoms. The van der Waals surface area contributed by atoms with Gasteiger partial charge in [-0.1, -0.05) is 30.3 Å². The number of furan rings is 1. The number of carbonyl (C=O) groups excluding carboxylic acids is 2. The van der Waals surface area contributed by atoms with Crippen molar-refractivity contribution in [3.63, 3.8) is 0 Å². The van der Waals surface area contributed by atoms with Crippen LogP contribution in [0.1, 0.15) is 42.4 Å². The molecule has 0 fully saturated rings. The zero-order chi connectivity index (χ0) is 20.5. The van der Waals surface area contributed by atoms with Crippen LogP contribution in [0.4, 0.5) is 11.4 Å². The number of rotatable bonds is 3. The standard InChI is InChI=1S/C23H22N2O4/c1-15-14-19(25(16(2)26)17-8-4-3-5-9-17)18-10-6-11-20(27)22(18)24(15)23(28)21-12-7-13-29-21/h3-13,15,19,27H,14H2,1-2H3. The maximum absolute atomic E-state index is 13.1. The summed E-state index contributed by atoms with van der Waals surface area (Å²) < 4.78 is 5.30. The summed E-state index contributed by atoms with van der Waals surface area (Å²) in [6.07, 6.45) is 1.97. The molecule has 0 saturated carbocycles. The second-order valence-corrected chi connectivity index (χ2v) is 7.19. The minimum absolute atomic E-state index is 0.00415. The summed E-state index contributed by atoms with van der Waals surface area (Å²) in [6, 6.07) is 17.3. The van der Waals surface area contributed by atoms with Gasteiger partial charge < -0.3 is 14.4 Å². The summed E-state index contributed by atoms with van der Waals surface area (Å²) in [5, 5.41) is 10.7. The first kappa shape index (κ1) is 18.8. The van der Waals surface area contributed by atoms with Gasteiger partial charge in [0.05, 0.1) is 18.0 Å². The van der Waals surface area contributed by atoms with Gasteiger partial charge in [0.25, 0.3) is 5.91 Å². The third-order valence-electron chi connectivity index (χ3n) is 5.29. The Morgan fingerprint density at radius 1 is 1.07 bits per heavy atom. The highest BCUT2D eigenvalue weighted by molar-refractivity contribution is 6.07. The van der Waals surface area contributed by atoms with Gasteiger partial charge in [0, 0.05) is 24.2 Å². The number of nitrogens with zero attached hydrogens (tertiary/aromatic N) is 2. The van der Waals surface area contributed by atoms with Gasteiger partial charge in [-0.2, -0.15) is 0 Å².